The summed E-state index contributed by atoms with van der Waals surface area (Å²) in [5.74, 6) is -0.509. The van der Waals surface area contributed by atoms with Crippen LogP contribution >= 0.6 is 11.6 Å². The number of halogens is 2. The Morgan fingerprint density at radius 3 is 2.58 bits per heavy atom. The van der Waals surface area contributed by atoms with E-state index in [2.05, 4.69) is 0 Å². The molecule has 0 aliphatic rings. The first-order valence-corrected chi connectivity index (χ1v) is 6.60. The van der Waals surface area contributed by atoms with Crippen molar-refractivity contribution >= 4 is 11.6 Å². The van der Waals surface area contributed by atoms with E-state index in [0.717, 1.165) is 11.1 Å². The van der Waals surface area contributed by atoms with Crippen LogP contribution in [0.2, 0.25) is 5.02 Å². The summed E-state index contributed by atoms with van der Waals surface area (Å²) >= 11 is 5.78. The van der Waals surface area contributed by atoms with Crippen LogP contribution in [0, 0.1) is 12.7 Å². The molecule has 0 heterocycles. The van der Waals surface area contributed by atoms with Crippen LogP contribution in [-0.2, 0) is 6.42 Å². The summed E-state index contributed by atoms with van der Waals surface area (Å²) in [5.41, 5.74) is 2.68. The molecule has 0 spiro atoms. The smallest absolute Gasteiger partial charge is 0.144 e. The van der Waals surface area contributed by atoms with Crippen molar-refractivity contribution in [1.82, 2.24) is 0 Å². The van der Waals surface area contributed by atoms with Crippen LogP contribution in [0.1, 0.15) is 22.6 Å². The minimum atomic E-state index is -0.392. The van der Waals surface area contributed by atoms with Crippen LogP contribution in [0.5, 0.6) is 0 Å². The van der Waals surface area contributed by atoms with Gasteiger partial charge in [0, 0.05) is 5.92 Å². The standard InChI is InChI=1S/C16H16ClFO/c1-11-5-2-3-7-14(11)13(10-19)9-12-6-4-8-15(17)16(12)18/h2-8,13,19H,9-10H2,1H3. The van der Waals surface area contributed by atoms with Gasteiger partial charge in [-0.15, -0.1) is 0 Å². The Morgan fingerprint density at radius 1 is 1.16 bits per heavy atom. The highest BCUT2D eigenvalue weighted by atomic mass is 35.5. The van der Waals surface area contributed by atoms with Crippen molar-refractivity contribution in [3.63, 3.8) is 0 Å². The summed E-state index contributed by atoms with van der Waals surface area (Å²) in [6.45, 7) is 1.98. The molecular formula is C16H16ClFO. The van der Waals surface area contributed by atoms with E-state index in [1.165, 1.54) is 6.07 Å². The zero-order valence-corrected chi connectivity index (χ0v) is 11.5. The fourth-order valence-corrected chi connectivity index (χ4v) is 2.48. The Balaban J connectivity index is 2.30. The summed E-state index contributed by atoms with van der Waals surface area (Å²) in [7, 11) is 0. The second-order valence-electron chi connectivity index (χ2n) is 4.65. The molecule has 1 nitrogen and oxygen atoms in total. The summed E-state index contributed by atoms with van der Waals surface area (Å²) in [6, 6.07) is 12.8. The molecule has 0 saturated heterocycles. The molecule has 1 N–H and O–H groups in total. The zero-order chi connectivity index (χ0) is 13.8. The number of hydrogen-bond acceptors (Lipinski definition) is 1. The van der Waals surface area contributed by atoms with Crippen LogP contribution in [0.25, 0.3) is 0 Å². The van der Waals surface area contributed by atoms with Gasteiger partial charge in [0.15, 0.2) is 0 Å². The SMILES string of the molecule is Cc1ccccc1C(CO)Cc1cccc(Cl)c1F. The van der Waals surface area contributed by atoms with Gasteiger partial charge in [0.1, 0.15) is 5.82 Å². The van der Waals surface area contributed by atoms with E-state index in [0.29, 0.717) is 12.0 Å². The molecular weight excluding hydrogens is 263 g/mol. The maximum absolute atomic E-state index is 13.9. The van der Waals surface area contributed by atoms with Crippen molar-refractivity contribution in [2.75, 3.05) is 6.61 Å². The Kier molecular flexibility index (Phi) is 4.56. The molecule has 1 unspecified atom stereocenters. The average Bonchev–Trinajstić information content (AvgIpc) is 2.41. The topological polar surface area (TPSA) is 20.2 Å². The Labute approximate surface area is 117 Å². The zero-order valence-electron chi connectivity index (χ0n) is 10.7. The molecule has 0 aliphatic carbocycles. The van der Waals surface area contributed by atoms with E-state index < -0.39 is 5.82 Å². The van der Waals surface area contributed by atoms with Gasteiger partial charge in [-0.3, -0.25) is 0 Å². The fraction of sp³-hybridized carbons (Fsp3) is 0.250. The Bertz CT molecular complexity index is 568. The van der Waals surface area contributed by atoms with Crippen LogP contribution in [-0.4, -0.2) is 11.7 Å². The second-order valence-corrected chi connectivity index (χ2v) is 5.06. The molecule has 3 heteroatoms. The highest BCUT2D eigenvalue weighted by molar-refractivity contribution is 6.30. The lowest BCUT2D eigenvalue weighted by atomic mass is 9.89. The van der Waals surface area contributed by atoms with Crippen LogP contribution in [0.15, 0.2) is 42.5 Å². The molecule has 0 aliphatic heterocycles. The maximum Gasteiger partial charge on any atom is 0.144 e. The molecule has 0 aromatic heterocycles. The molecule has 2 aromatic carbocycles. The van der Waals surface area contributed by atoms with E-state index in [4.69, 9.17) is 11.6 Å². The molecule has 2 rings (SSSR count). The first-order chi connectivity index (χ1) is 9.13. The van der Waals surface area contributed by atoms with Crippen LogP contribution in [0.4, 0.5) is 4.39 Å². The van der Waals surface area contributed by atoms with Crippen molar-refractivity contribution in [3.05, 3.63) is 70.0 Å². The van der Waals surface area contributed by atoms with E-state index in [1.54, 1.807) is 12.1 Å². The van der Waals surface area contributed by atoms with E-state index in [-0.39, 0.29) is 17.5 Å². The quantitative estimate of drug-likeness (QED) is 0.892. The van der Waals surface area contributed by atoms with E-state index in [9.17, 15) is 9.50 Å². The van der Waals surface area contributed by atoms with Crippen molar-refractivity contribution < 1.29 is 9.50 Å². The van der Waals surface area contributed by atoms with E-state index >= 15 is 0 Å². The summed E-state index contributed by atoms with van der Waals surface area (Å²) < 4.78 is 13.9. The maximum atomic E-state index is 13.9. The van der Waals surface area contributed by atoms with Gasteiger partial charge in [0.05, 0.1) is 11.6 Å². The third kappa shape index (κ3) is 3.14. The molecule has 1 atom stereocenters. The molecule has 19 heavy (non-hydrogen) atoms. The van der Waals surface area contributed by atoms with Gasteiger partial charge in [-0.05, 0) is 36.1 Å². The third-order valence-electron chi connectivity index (χ3n) is 3.35. The largest absolute Gasteiger partial charge is 0.396 e. The molecule has 0 fully saturated rings. The molecule has 0 amide bonds. The molecule has 2 aromatic rings. The second kappa shape index (κ2) is 6.18. The van der Waals surface area contributed by atoms with Crippen LogP contribution < -0.4 is 0 Å². The molecule has 100 valence electrons. The summed E-state index contributed by atoms with van der Waals surface area (Å²) in [4.78, 5) is 0. The van der Waals surface area contributed by atoms with Crippen molar-refractivity contribution in [2.24, 2.45) is 0 Å². The minimum absolute atomic E-state index is 0.0171. The Hall–Kier alpha value is -1.38. The number of aryl methyl sites for hydroxylation is 1. The van der Waals surface area contributed by atoms with Gasteiger partial charge < -0.3 is 5.11 Å². The lowest BCUT2D eigenvalue weighted by molar-refractivity contribution is 0.263. The fourth-order valence-electron chi connectivity index (χ4n) is 2.29. The molecule has 0 saturated carbocycles. The van der Waals surface area contributed by atoms with Gasteiger partial charge in [0.25, 0.3) is 0 Å². The lowest BCUT2D eigenvalue weighted by Crippen LogP contribution is -2.10. The Morgan fingerprint density at radius 2 is 1.89 bits per heavy atom. The highest BCUT2D eigenvalue weighted by Gasteiger charge is 2.16. The predicted molar refractivity (Wildman–Crippen MR) is 76.1 cm³/mol. The third-order valence-corrected chi connectivity index (χ3v) is 3.64. The normalized spacial score (nSPS) is 12.4. The number of rotatable bonds is 4. The van der Waals surface area contributed by atoms with Gasteiger partial charge in [-0.2, -0.15) is 0 Å². The highest BCUT2D eigenvalue weighted by Crippen LogP contribution is 2.26. The van der Waals surface area contributed by atoms with Gasteiger partial charge in [-0.1, -0.05) is 48.0 Å². The summed E-state index contributed by atoms with van der Waals surface area (Å²) in [5, 5.41) is 9.69. The van der Waals surface area contributed by atoms with Gasteiger partial charge >= 0.3 is 0 Å². The monoisotopic (exact) mass is 278 g/mol. The number of hydrogen-bond donors (Lipinski definition) is 1. The number of aliphatic hydroxyl groups is 1. The van der Waals surface area contributed by atoms with Crippen molar-refractivity contribution in [1.29, 1.82) is 0 Å². The number of benzene rings is 2. The lowest BCUT2D eigenvalue weighted by Gasteiger charge is -2.17. The number of aliphatic hydroxyl groups excluding tert-OH is 1. The summed E-state index contributed by atoms with van der Waals surface area (Å²) in [6.07, 6.45) is 0.438. The van der Waals surface area contributed by atoms with Crippen molar-refractivity contribution in [3.8, 4) is 0 Å². The first kappa shape index (κ1) is 14.0. The van der Waals surface area contributed by atoms with Crippen LogP contribution in [0.3, 0.4) is 0 Å². The molecule has 0 bridgehead atoms. The average molecular weight is 279 g/mol. The minimum Gasteiger partial charge on any atom is -0.396 e. The molecule has 0 radical (unpaired) electrons. The van der Waals surface area contributed by atoms with E-state index in [1.807, 2.05) is 31.2 Å². The van der Waals surface area contributed by atoms with Crippen molar-refractivity contribution in [2.45, 2.75) is 19.3 Å². The predicted octanol–water partition coefficient (Wildman–Crippen LogP) is 4.11. The first-order valence-electron chi connectivity index (χ1n) is 6.22. The van der Waals surface area contributed by atoms with Gasteiger partial charge in [0.2, 0.25) is 0 Å². The van der Waals surface area contributed by atoms with Gasteiger partial charge in [-0.25, -0.2) is 4.39 Å².